The highest BCUT2D eigenvalue weighted by molar-refractivity contribution is 6.07. The second kappa shape index (κ2) is 7.80. The Bertz CT molecular complexity index is 1060. The smallest absolute Gasteiger partial charge is 0.271 e. The number of nitriles is 1. The standard InChI is InChI=1S/C21H16F3N3O2/c1-26-17(9-12-3-6-14(22)7-4-12)20(28)27(2)18(21(26)29)10-15-13(11-25)5-8-16(23)19(15)24/h3-8,10,17H,9H2,1-2H3/b18-10+. The highest BCUT2D eigenvalue weighted by Crippen LogP contribution is 2.26. The maximum absolute atomic E-state index is 14.2. The highest BCUT2D eigenvalue weighted by atomic mass is 19.2. The Labute approximate surface area is 165 Å². The molecule has 2 aromatic carbocycles. The van der Waals surface area contributed by atoms with Crippen molar-refractivity contribution in [3.8, 4) is 6.07 Å². The Morgan fingerprint density at radius 2 is 1.72 bits per heavy atom. The number of likely N-dealkylation sites (N-methyl/N-ethyl adjacent to an activating group) is 2. The summed E-state index contributed by atoms with van der Waals surface area (Å²) in [6.07, 6.45) is 1.17. The number of piperazine rings is 1. The normalized spacial score (nSPS) is 18.3. The van der Waals surface area contributed by atoms with E-state index in [1.807, 2.05) is 0 Å². The second-order valence-electron chi connectivity index (χ2n) is 6.62. The first-order valence-electron chi connectivity index (χ1n) is 8.63. The molecular formula is C21H16F3N3O2. The fourth-order valence-electron chi connectivity index (χ4n) is 3.14. The van der Waals surface area contributed by atoms with Crippen molar-refractivity contribution in [2.45, 2.75) is 12.5 Å². The van der Waals surface area contributed by atoms with Crippen LogP contribution >= 0.6 is 0 Å². The molecule has 29 heavy (non-hydrogen) atoms. The lowest BCUT2D eigenvalue weighted by atomic mass is 9.99. The minimum Gasteiger partial charge on any atom is -0.328 e. The number of hydrogen-bond donors (Lipinski definition) is 0. The third kappa shape index (κ3) is 3.72. The van der Waals surface area contributed by atoms with Gasteiger partial charge >= 0.3 is 0 Å². The number of nitrogens with zero attached hydrogens (tertiary/aromatic N) is 3. The van der Waals surface area contributed by atoms with Crippen LogP contribution in [0, 0.1) is 28.8 Å². The van der Waals surface area contributed by atoms with Crippen molar-refractivity contribution in [1.29, 1.82) is 5.26 Å². The van der Waals surface area contributed by atoms with E-state index in [0.29, 0.717) is 5.56 Å². The van der Waals surface area contributed by atoms with E-state index >= 15 is 0 Å². The number of carbonyl (C=O) groups excluding carboxylic acids is 2. The molecule has 148 valence electrons. The zero-order valence-electron chi connectivity index (χ0n) is 15.6. The zero-order valence-corrected chi connectivity index (χ0v) is 15.6. The SMILES string of the molecule is CN1C(=O)C(Cc2ccc(F)cc2)N(C)C(=O)/C1=C\c1c(C#N)ccc(F)c1F. The fourth-order valence-corrected chi connectivity index (χ4v) is 3.14. The Morgan fingerprint density at radius 3 is 2.34 bits per heavy atom. The second-order valence-corrected chi connectivity index (χ2v) is 6.62. The highest BCUT2D eigenvalue weighted by Gasteiger charge is 2.39. The van der Waals surface area contributed by atoms with Gasteiger partial charge in [-0.3, -0.25) is 9.59 Å². The van der Waals surface area contributed by atoms with Gasteiger partial charge in [0.1, 0.15) is 17.6 Å². The molecule has 1 fully saturated rings. The van der Waals surface area contributed by atoms with Gasteiger partial charge in [-0.1, -0.05) is 12.1 Å². The molecule has 0 aromatic heterocycles. The number of rotatable bonds is 3. The van der Waals surface area contributed by atoms with Crippen LogP contribution in [0.15, 0.2) is 42.1 Å². The van der Waals surface area contributed by atoms with Crippen LogP contribution < -0.4 is 0 Å². The average molecular weight is 399 g/mol. The molecule has 2 aromatic rings. The van der Waals surface area contributed by atoms with Gasteiger partial charge in [0, 0.05) is 26.1 Å². The van der Waals surface area contributed by atoms with Crippen molar-refractivity contribution < 1.29 is 22.8 Å². The predicted molar refractivity (Wildman–Crippen MR) is 98.5 cm³/mol. The van der Waals surface area contributed by atoms with E-state index in [4.69, 9.17) is 5.26 Å². The van der Waals surface area contributed by atoms with Crippen molar-refractivity contribution in [3.63, 3.8) is 0 Å². The van der Waals surface area contributed by atoms with Crippen LogP contribution in [0.5, 0.6) is 0 Å². The lowest BCUT2D eigenvalue weighted by Crippen LogP contribution is -2.56. The maximum Gasteiger partial charge on any atom is 0.271 e. The molecule has 0 N–H and O–H groups in total. The summed E-state index contributed by atoms with van der Waals surface area (Å²) < 4.78 is 40.9. The molecule has 0 radical (unpaired) electrons. The summed E-state index contributed by atoms with van der Waals surface area (Å²) in [7, 11) is 2.77. The first kappa shape index (κ1) is 20.1. The Hall–Kier alpha value is -3.60. The zero-order chi connectivity index (χ0) is 21.3. The van der Waals surface area contributed by atoms with Crippen molar-refractivity contribution in [2.75, 3.05) is 14.1 Å². The van der Waals surface area contributed by atoms with Crippen LogP contribution in [0.1, 0.15) is 16.7 Å². The molecule has 1 saturated heterocycles. The molecule has 0 aliphatic carbocycles. The quantitative estimate of drug-likeness (QED) is 0.746. The van der Waals surface area contributed by atoms with E-state index in [0.717, 1.165) is 23.1 Å². The average Bonchev–Trinajstić information content (AvgIpc) is 2.71. The molecule has 1 aliphatic heterocycles. The topological polar surface area (TPSA) is 64.4 Å². The monoisotopic (exact) mass is 399 g/mol. The minimum atomic E-state index is -1.28. The van der Waals surface area contributed by atoms with Crippen molar-refractivity contribution in [3.05, 3.63) is 76.2 Å². The molecule has 0 spiro atoms. The van der Waals surface area contributed by atoms with E-state index in [1.165, 1.54) is 43.3 Å². The van der Waals surface area contributed by atoms with Crippen LogP contribution in [-0.4, -0.2) is 41.8 Å². The van der Waals surface area contributed by atoms with Gasteiger partial charge in [0.05, 0.1) is 11.6 Å². The van der Waals surface area contributed by atoms with Gasteiger partial charge in [0.2, 0.25) is 5.91 Å². The Morgan fingerprint density at radius 1 is 1.07 bits per heavy atom. The van der Waals surface area contributed by atoms with Crippen molar-refractivity contribution in [1.82, 2.24) is 9.80 Å². The van der Waals surface area contributed by atoms with Crippen LogP contribution in [0.25, 0.3) is 6.08 Å². The fraction of sp³-hybridized carbons (Fsp3) is 0.190. The van der Waals surface area contributed by atoms with Gasteiger partial charge in [0.15, 0.2) is 11.6 Å². The summed E-state index contributed by atoms with van der Waals surface area (Å²) in [4.78, 5) is 27.9. The summed E-state index contributed by atoms with van der Waals surface area (Å²) in [6.45, 7) is 0. The van der Waals surface area contributed by atoms with Gasteiger partial charge in [-0.05, 0) is 35.9 Å². The molecule has 0 saturated carbocycles. The molecular weight excluding hydrogens is 383 g/mol. The molecule has 8 heteroatoms. The number of amides is 2. The lowest BCUT2D eigenvalue weighted by molar-refractivity contribution is -0.148. The van der Waals surface area contributed by atoms with Crippen LogP contribution in [0.2, 0.25) is 0 Å². The third-order valence-corrected chi connectivity index (χ3v) is 4.86. The molecule has 3 rings (SSSR count). The Balaban J connectivity index is 1.98. The molecule has 1 atom stereocenters. The number of benzene rings is 2. The largest absolute Gasteiger partial charge is 0.328 e. The molecule has 1 aliphatic rings. The van der Waals surface area contributed by atoms with Gasteiger partial charge in [-0.15, -0.1) is 0 Å². The number of halogens is 3. The van der Waals surface area contributed by atoms with Crippen LogP contribution in [-0.2, 0) is 16.0 Å². The van der Waals surface area contributed by atoms with Crippen molar-refractivity contribution in [2.24, 2.45) is 0 Å². The van der Waals surface area contributed by atoms with Gasteiger partial charge in [0.25, 0.3) is 5.91 Å². The van der Waals surface area contributed by atoms with Crippen LogP contribution in [0.4, 0.5) is 13.2 Å². The van der Waals surface area contributed by atoms with Gasteiger partial charge in [-0.2, -0.15) is 5.26 Å². The molecule has 0 bridgehead atoms. The third-order valence-electron chi connectivity index (χ3n) is 4.86. The summed E-state index contributed by atoms with van der Waals surface area (Å²) in [5.41, 5.74) is -0.0935. The Kier molecular flexibility index (Phi) is 5.41. The minimum absolute atomic E-state index is 0.163. The van der Waals surface area contributed by atoms with E-state index in [1.54, 1.807) is 6.07 Å². The lowest BCUT2D eigenvalue weighted by Gasteiger charge is -2.38. The summed E-state index contributed by atoms with van der Waals surface area (Å²) >= 11 is 0. The van der Waals surface area contributed by atoms with Gasteiger partial charge < -0.3 is 9.80 Å². The summed E-state index contributed by atoms with van der Waals surface area (Å²) in [5.74, 6) is -3.90. The molecule has 2 amide bonds. The van der Waals surface area contributed by atoms with E-state index in [2.05, 4.69) is 0 Å². The summed E-state index contributed by atoms with van der Waals surface area (Å²) in [5, 5.41) is 9.15. The number of carbonyl (C=O) groups is 2. The maximum atomic E-state index is 14.2. The number of hydrogen-bond acceptors (Lipinski definition) is 3. The van der Waals surface area contributed by atoms with Crippen LogP contribution in [0.3, 0.4) is 0 Å². The van der Waals surface area contributed by atoms with E-state index in [-0.39, 0.29) is 17.7 Å². The molecule has 1 unspecified atom stereocenters. The first-order chi connectivity index (χ1) is 13.7. The molecule has 1 heterocycles. The first-order valence-corrected chi connectivity index (χ1v) is 8.63. The van der Waals surface area contributed by atoms with Crippen molar-refractivity contribution >= 4 is 17.9 Å². The van der Waals surface area contributed by atoms with Gasteiger partial charge in [-0.25, -0.2) is 13.2 Å². The van der Waals surface area contributed by atoms with E-state index < -0.39 is 40.9 Å². The van der Waals surface area contributed by atoms with E-state index in [9.17, 15) is 22.8 Å². The molecule has 5 nitrogen and oxygen atoms in total. The summed E-state index contributed by atoms with van der Waals surface area (Å²) in [6, 6.07) is 8.37. The predicted octanol–water partition coefficient (Wildman–Crippen LogP) is 2.86.